The number of phenolic OH excluding ortho intramolecular Hbond substituents is 1. The molecule has 0 unspecified atom stereocenters. The van der Waals surface area contributed by atoms with Crippen molar-refractivity contribution in [1.82, 2.24) is 0 Å². The molecule has 118 valence electrons. The highest BCUT2D eigenvalue weighted by Gasteiger charge is 2.27. The molecule has 2 rings (SSSR count). The van der Waals surface area contributed by atoms with Gasteiger partial charge in [0.2, 0.25) is 0 Å². The summed E-state index contributed by atoms with van der Waals surface area (Å²) in [5, 5.41) is 10.2. The predicted molar refractivity (Wildman–Crippen MR) is 94.5 cm³/mol. The zero-order valence-corrected chi connectivity index (χ0v) is 14.1. The van der Waals surface area contributed by atoms with Gasteiger partial charge < -0.3 is 5.11 Å². The Morgan fingerprint density at radius 3 is 2.14 bits per heavy atom. The van der Waals surface area contributed by atoms with Gasteiger partial charge in [-0.3, -0.25) is 0 Å². The maximum atomic E-state index is 10.2. The molecule has 0 spiro atoms. The zero-order chi connectivity index (χ0) is 16.0. The smallest absolute Gasteiger partial charge is 0.119 e. The summed E-state index contributed by atoms with van der Waals surface area (Å²) in [6, 6.07) is 16.4. The topological polar surface area (TPSA) is 20.2 Å². The second-order valence-electron chi connectivity index (χ2n) is 6.61. The molecule has 0 aliphatic rings. The molecule has 0 fully saturated rings. The average Bonchev–Trinajstić information content (AvgIpc) is 2.52. The van der Waals surface area contributed by atoms with Gasteiger partial charge in [0.05, 0.1) is 0 Å². The minimum atomic E-state index is -0.188. The maximum Gasteiger partial charge on any atom is 0.119 e. The summed E-state index contributed by atoms with van der Waals surface area (Å²) in [7, 11) is 0. The van der Waals surface area contributed by atoms with E-state index < -0.39 is 0 Å². The molecule has 1 nitrogen and oxygen atoms in total. The molecule has 0 aliphatic carbocycles. The van der Waals surface area contributed by atoms with Crippen LogP contribution in [0, 0.1) is 0 Å². The van der Waals surface area contributed by atoms with E-state index in [1.165, 1.54) is 36.8 Å². The van der Waals surface area contributed by atoms with Gasteiger partial charge in [-0.2, -0.15) is 0 Å². The number of rotatable bonds is 7. The molecule has 0 atom stereocenters. The Morgan fingerprint density at radius 2 is 1.45 bits per heavy atom. The third-order valence-electron chi connectivity index (χ3n) is 4.57. The molecule has 22 heavy (non-hydrogen) atoms. The number of hydrogen-bond donors (Lipinski definition) is 1. The van der Waals surface area contributed by atoms with Crippen LogP contribution in [0.25, 0.3) is 0 Å². The Kier molecular flexibility index (Phi) is 5.65. The van der Waals surface area contributed by atoms with Gasteiger partial charge in [0.1, 0.15) is 5.75 Å². The van der Waals surface area contributed by atoms with Crippen molar-refractivity contribution in [3.05, 3.63) is 65.2 Å². The van der Waals surface area contributed by atoms with Crippen LogP contribution in [-0.2, 0) is 11.8 Å². The predicted octanol–water partition coefficient (Wildman–Crippen LogP) is 5.84. The number of hydrogen-bond acceptors (Lipinski definition) is 1. The summed E-state index contributed by atoms with van der Waals surface area (Å²) in [6.45, 7) is 6.65. The lowest BCUT2D eigenvalue weighted by Gasteiger charge is -2.29. The van der Waals surface area contributed by atoms with Crippen LogP contribution < -0.4 is 0 Å². The molecule has 1 N–H and O–H groups in total. The van der Waals surface area contributed by atoms with Crippen LogP contribution in [-0.4, -0.2) is 5.11 Å². The van der Waals surface area contributed by atoms with E-state index in [2.05, 4.69) is 45.0 Å². The molecule has 2 aromatic carbocycles. The van der Waals surface area contributed by atoms with E-state index in [1.807, 2.05) is 18.2 Å². The Morgan fingerprint density at radius 1 is 0.818 bits per heavy atom. The molecule has 0 saturated heterocycles. The summed E-state index contributed by atoms with van der Waals surface area (Å²) < 4.78 is 0. The molecule has 0 aromatic heterocycles. The molecular weight excluding hydrogens is 268 g/mol. The van der Waals surface area contributed by atoms with E-state index in [0.717, 1.165) is 12.0 Å². The Bertz CT molecular complexity index is 598. The van der Waals surface area contributed by atoms with E-state index in [-0.39, 0.29) is 5.41 Å². The first-order chi connectivity index (χ1) is 10.6. The average molecular weight is 296 g/mol. The van der Waals surface area contributed by atoms with Crippen LogP contribution in [0.5, 0.6) is 5.75 Å². The minimum Gasteiger partial charge on any atom is -0.508 e. The van der Waals surface area contributed by atoms with Crippen LogP contribution in [0.2, 0.25) is 0 Å². The Balaban J connectivity index is 2.29. The van der Waals surface area contributed by atoms with Crippen molar-refractivity contribution < 1.29 is 5.11 Å². The SMILES string of the molecule is CCCCCCc1ccccc1C(C)(C)c1ccccc1O. The summed E-state index contributed by atoms with van der Waals surface area (Å²) in [6.07, 6.45) is 6.23. The lowest BCUT2D eigenvalue weighted by Crippen LogP contribution is -2.21. The van der Waals surface area contributed by atoms with Crippen molar-refractivity contribution >= 4 is 0 Å². The van der Waals surface area contributed by atoms with Crippen molar-refractivity contribution in [2.75, 3.05) is 0 Å². The first kappa shape index (κ1) is 16.6. The minimum absolute atomic E-state index is 0.188. The first-order valence-corrected chi connectivity index (χ1v) is 8.44. The maximum absolute atomic E-state index is 10.2. The first-order valence-electron chi connectivity index (χ1n) is 8.44. The van der Waals surface area contributed by atoms with E-state index in [1.54, 1.807) is 6.07 Å². The number of benzene rings is 2. The number of aromatic hydroxyl groups is 1. The molecule has 0 saturated carbocycles. The summed E-state index contributed by atoms with van der Waals surface area (Å²) in [5.74, 6) is 0.383. The normalized spacial score (nSPS) is 11.6. The molecular formula is C21H28O. The van der Waals surface area contributed by atoms with E-state index in [4.69, 9.17) is 0 Å². The van der Waals surface area contributed by atoms with Crippen molar-refractivity contribution in [2.45, 2.75) is 58.3 Å². The zero-order valence-electron chi connectivity index (χ0n) is 14.1. The van der Waals surface area contributed by atoms with Gasteiger partial charge >= 0.3 is 0 Å². The van der Waals surface area contributed by atoms with Crippen molar-refractivity contribution in [1.29, 1.82) is 0 Å². The fourth-order valence-corrected chi connectivity index (χ4v) is 3.24. The summed E-state index contributed by atoms with van der Waals surface area (Å²) in [4.78, 5) is 0. The van der Waals surface area contributed by atoms with Gasteiger partial charge in [0, 0.05) is 11.0 Å². The van der Waals surface area contributed by atoms with Crippen LogP contribution in [0.3, 0.4) is 0 Å². The third kappa shape index (κ3) is 3.71. The fourth-order valence-electron chi connectivity index (χ4n) is 3.24. The summed E-state index contributed by atoms with van der Waals surface area (Å²) in [5.41, 5.74) is 3.54. The van der Waals surface area contributed by atoms with Crippen molar-refractivity contribution in [3.8, 4) is 5.75 Å². The number of unbranched alkanes of at least 4 members (excludes halogenated alkanes) is 3. The van der Waals surface area contributed by atoms with Gasteiger partial charge in [0.15, 0.2) is 0 Å². The lowest BCUT2D eigenvalue weighted by molar-refractivity contribution is 0.452. The van der Waals surface area contributed by atoms with Gasteiger partial charge in [-0.1, -0.05) is 82.5 Å². The number of aryl methyl sites for hydroxylation is 1. The van der Waals surface area contributed by atoms with Crippen molar-refractivity contribution in [2.24, 2.45) is 0 Å². The third-order valence-corrected chi connectivity index (χ3v) is 4.57. The van der Waals surface area contributed by atoms with Crippen LogP contribution >= 0.6 is 0 Å². The highest BCUT2D eigenvalue weighted by molar-refractivity contribution is 5.47. The van der Waals surface area contributed by atoms with Crippen molar-refractivity contribution in [3.63, 3.8) is 0 Å². The van der Waals surface area contributed by atoms with Crippen LogP contribution in [0.1, 0.15) is 63.1 Å². The van der Waals surface area contributed by atoms with E-state index >= 15 is 0 Å². The van der Waals surface area contributed by atoms with Gasteiger partial charge in [0.25, 0.3) is 0 Å². The van der Waals surface area contributed by atoms with Gasteiger partial charge in [-0.05, 0) is 30.0 Å². The molecule has 0 aliphatic heterocycles. The monoisotopic (exact) mass is 296 g/mol. The second kappa shape index (κ2) is 7.49. The van der Waals surface area contributed by atoms with Gasteiger partial charge in [-0.15, -0.1) is 0 Å². The van der Waals surface area contributed by atoms with E-state index in [9.17, 15) is 5.11 Å². The van der Waals surface area contributed by atoms with Gasteiger partial charge in [-0.25, -0.2) is 0 Å². The highest BCUT2D eigenvalue weighted by atomic mass is 16.3. The summed E-state index contributed by atoms with van der Waals surface area (Å²) >= 11 is 0. The van der Waals surface area contributed by atoms with E-state index in [0.29, 0.717) is 5.75 Å². The molecule has 2 aromatic rings. The Labute approximate surface area is 135 Å². The molecule has 0 bridgehead atoms. The fraction of sp³-hybridized carbons (Fsp3) is 0.429. The molecule has 0 radical (unpaired) electrons. The quantitative estimate of drug-likeness (QED) is 0.636. The second-order valence-corrected chi connectivity index (χ2v) is 6.61. The standard InChI is InChI=1S/C21H28O/c1-4-5-6-7-12-17-13-8-9-14-18(17)21(2,3)19-15-10-11-16-20(19)22/h8-11,13-16,22H,4-7,12H2,1-3H3. The highest BCUT2D eigenvalue weighted by Crippen LogP contribution is 2.38. The molecule has 0 amide bonds. The lowest BCUT2D eigenvalue weighted by atomic mass is 9.75. The van der Waals surface area contributed by atoms with Crippen LogP contribution in [0.4, 0.5) is 0 Å². The molecule has 0 heterocycles. The Hall–Kier alpha value is -1.76. The van der Waals surface area contributed by atoms with Crippen LogP contribution in [0.15, 0.2) is 48.5 Å². The number of phenols is 1. The number of para-hydroxylation sites is 1. The largest absolute Gasteiger partial charge is 0.508 e. The molecule has 1 heteroatoms.